The number of rotatable bonds is 6. The van der Waals surface area contributed by atoms with E-state index in [9.17, 15) is 31.1 Å². The molecule has 2 N–H and O–H groups in total. The van der Waals surface area contributed by atoms with Gasteiger partial charge in [-0.2, -0.15) is 26.3 Å². The number of carbonyl (C=O) groups is 1. The summed E-state index contributed by atoms with van der Waals surface area (Å²) in [6, 6.07) is 2.53. The molecule has 0 aliphatic heterocycles. The molecule has 0 atom stereocenters. The summed E-state index contributed by atoms with van der Waals surface area (Å²) in [4.78, 5) is 20.4. The van der Waals surface area contributed by atoms with E-state index in [4.69, 9.17) is 0 Å². The number of hydrogen-bond donors (Lipinski definition) is 2. The Kier molecular flexibility index (Phi) is 6.58. The van der Waals surface area contributed by atoms with Crippen LogP contribution in [0.4, 0.5) is 37.8 Å². The number of imidazole rings is 1. The van der Waals surface area contributed by atoms with Gasteiger partial charge in [0, 0.05) is 19.4 Å². The fraction of sp³-hybridized carbons (Fsp3) is 0.316. The van der Waals surface area contributed by atoms with Crippen molar-refractivity contribution in [2.24, 2.45) is 0 Å². The summed E-state index contributed by atoms with van der Waals surface area (Å²) in [6.45, 7) is 1.82. The zero-order valence-corrected chi connectivity index (χ0v) is 17.5. The summed E-state index contributed by atoms with van der Waals surface area (Å²) >= 11 is 1.28. The van der Waals surface area contributed by atoms with Crippen molar-refractivity contribution >= 4 is 34.8 Å². The summed E-state index contributed by atoms with van der Waals surface area (Å²) < 4.78 is 79.5. The lowest BCUT2D eigenvalue weighted by molar-refractivity contribution is -0.138. The third kappa shape index (κ3) is 5.09. The average molecular weight is 477 g/mol. The number of aromatic nitrogens is 3. The first-order valence-electron chi connectivity index (χ1n) is 9.19. The van der Waals surface area contributed by atoms with E-state index in [-0.39, 0.29) is 29.3 Å². The Hall–Kier alpha value is -2.96. The number of halogens is 6. The van der Waals surface area contributed by atoms with Crippen LogP contribution < -0.4 is 10.6 Å². The third-order valence-electron chi connectivity index (χ3n) is 4.31. The van der Waals surface area contributed by atoms with E-state index in [2.05, 4.69) is 20.6 Å². The standard InChI is InChI=1S/C19H17F6N5OS/c1-3-32-17-13(28-14-7-10(18(20,21)22)4-5-30(14)17)8-15(31)29-12-6-11(19(23,24)25)9-27-16(12)26-2/h4-7,9H,3,8H2,1-2H3,(H,26,27)(H,29,31). The van der Waals surface area contributed by atoms with Crippen LogP contribution in [0.25, 0.3) is 5.65 Å². The van der Waals surface area contributed by atoms with Gasteiger partial charge in [-0.25, -0.2) is 9.97 Å². The summed E-state index contributed by atoms with van der Waals surface area (Å²) in [5, 5.41) is 5.44. The van der Waals surface area contributed by atoms with E-state index < -0.39 is 29.4 Å². The van der Waals surface area contributed by atoms with E-state index in [1.165, 1.54) is 29.4 Å². The van der Waals surface area contributed by atoms with Crippen LogP contribution in [0.3, 0.4) is 0 Å². The molecule has 3 heterocycles. The van der Waals surface area contributed by atoms with Gasteiger partial charge in [-0.15, -0.1) is 11.8 Å². The van der Waals surface area contributed by atoms with Crippen LogP contribution in [-0.2, 0) is 23.6 Å². The van der Waals surface area contributed by atoms with Crippen LogP contribution in [0.5, 0.6) is 0 Å². The Morgan fingerprint density at radius 2 is 1.81 bits per heavy atom. The molecule has 0 bridgehead atoms. The maximum Gasteiger partial charge on any atom is 0.417 e. The second-order valence-electron chi connectivity index (χ2n) is 6.53. The highest BCUT2D eigenvalue weighted by Gasteiger charge is 2.33. The smallest absolute Gasteiger partial charge is 0.371 e. The minimum Gasteiger partial charge on any atom is -0.371 e. The molecule has 32 heavy (non-hydrogen) atoms. The number of anilines is 2. The zero-order chi connectivity index (χ0) is 23.7. The first-order valence-corrected chi connectivity index (χ1v) is 10.2. The monoisotopic (exact) mass is 477 g/mol. The van der Waals surface area contributed by atoms with Crippen LogP contribution in [0.1, 0.15) is 23.7 Å². The van der Waals surface area contributed by atoms with Gasteiger partial charge in [-0.05, 0) is 24.0 Å². The summed E-state index contributed by atoms with van der Waals surface area (Å²) in [5.41, 5.74) is -1.89. The van der Waals surface area contributed by atoms with Crippen molar-refractivity contribution in [2.75, 3.05) is 23.4 Å². The molecule has 13 heteroatoms. The molecule has 0 aliphatic rings. The highest BCUT2D eigenvalue weighted by atomic mass is 32.2. The number of fused-ring (bicyclic) bond motifs is 1. The molecule has 1 amide bonds. The summed E-state index contributed by atoms with van der Waals surface area (Å²) in [7, 11) is 1.43. The Morgan fingerprint density at radius 1 is 1.12 bits per heavy atom. The first-order chi connectivity index (χ1) is 14.9. The largest absolute Gasteiger partial charge is 0.417 e. The van der Waals surface area contributed by atoms with Gasteiger partial charge in [0.2, 0.25) is 5.91 Å². The molecule has 0 saturated carbocycles. The molecule has 3 aromatic rings. The minimum atomic E-state index is -4.65. The molecule has 0 unspecified atom stereocenters. The fourth-order valence-electron chi connectivity index (χ4n) is 2.91. The second kappa shape index (κ2) is 8.88. The summed E-state index contributed by atoms with van der Waals surface area (Å²) in [6.07, 6.45) is -7.70. The molecule has 172 valence electrons. The molecule has 0 fully saturated rings. The highest BCUT2D eigenvalue weighted by Crippen LogP contribution is 2.34. The number of thioether (sulfide) groups is 1. The van der Waals surface area contributed by atoms with E-state index in [0.29, 0.717) is 17.0 Å². The Labute approximate surface area is 182 Å². The molecule has 3 rings (SSSR count). The first kappa shape index (κ1) is 23.7. The van der Waals surface area contributed by atoms with Crippen molar-refractivity contribution in [3.05, 3.63) is 47.4 Å². The minimum absolute atomic E-state index is 0.00947. The van der Waals surface area contributed by atoms with Crippen LogP contribution in [0.15, 0.2) is 35.6 Å². The molecule has 0 spiro atoms. The lowest BCUT2D eigenvalue weighted by Crippen LogP contribution is -2.18. The van der Waals surface area contributed by atoms with Gasteiger partial charge in [0.15, 0.2) is 0 Å². The van der Waals surface area contributed by atoms with Crippen LogP contribution in [0.2, 0.25) is 0 Å². The lowest BCUT2D eigenvalue weighted by atomic mass is 10.2. The average Bonchev–Trinajstić information content (AvgIpc) is 3.03. The number of pyridine rings is 2. The van der Waals surface area contributed by atoms with Crippen molar-refractivity contribution in [1.29, 1.82) is 0 Å². The van der Waals surface area contributed by atoms with Crippen LogP contribution in [-0.4, -0.2) is 33.1 Å². The highest BCUT2D eigenvalue weighted by molar-refractivity contribution is 7.99. The fourth-order valence-corrected chi connectivity index (χ4v) is 3.76. The van der Waals surface area contributed by atoms with Gasteiger partial charge in [-0.1, -0.05) is 6.92 Å². The van der Waals surface area contributed by atoms with Crippen LogP contribution >= 0.6 is 11.8 Å². The number of nitrogens with one attached hydrogen (secondary N) is 2. The number of carbonyl (C=O) groups excluding carboxylic acids is 1. The van der Waals surface area contributed by atoms with E-state index >= 15 is 0 Å². The topological polar surface area (TPSA) is 71.3 Å². The molecule has 6 nitrogen and oxygen atoms in total. The predicted molar refractivity (Wildman–Crippen MR) is 108 cm³/mol. The SMILES string of the molecule is CCSc1c(CC(=O)Nc2cc(C(F)(F)F)cnc2NC)nc2cc(C(F)(F)F)ccn12. The molecule has 3 aromatic heterocycles. The molecule has 0 saturated heterocycles. The van der Waals surface area contributed by atoms with E-state index in [1.807, 2.05) is 6.92 Å². The molecule has 0 aromatic carbocycles. The third-order valence-corrected chi connectivity index (χ3v) is 5.31. The molecule has 0 radical (unpaired) electrons. The zero-order valence-electron chi connectivity index (χ0n) is 16.7. The number of nitrogens with zero attached hydrogens (tertiary/aromatic N) is 3. The maximum atomic E-state index is 13.0. The normalized spacial score (nSPS) is 12.2. The van der Waals surface area contributed by atoms with Crippen molar-refractivity contribution < 1.29 is 31.1 Å². The van der Waals surface area contributed by atoms with Gasteiger partial charge >= 0.3 is 12.4 Å². The van der Waals surface area contributed by atoms with Gasteiger partial charge in [0.1, 0.15) is 16.5 Å². The number of hydrogen-bond acceptors (Lipinski definition) is 5. The Balaban J connectivity index is 1.92. The van der Waals surface area contributed by atoms with Crippen molar-refractivity contribution in [3.8, 4) is 0 Å². The van der Waals surface area contributed by atoms with Gasteiger partial charge in [-0.3, -0.25) is 9.20 Å². The van der Waals surface area contributed by atoms with Crippen molar-refractivity contribution in [2.45, 2.75) is 30.7 Å². The number of amides is 1. The Bertz CT molecular complexity index is 1140. The van der Waals surface area contributed by atoms with Gasteiger partial charge < -0.3 is 10.6 Å². The lowest BCUT2D eigenvalue weighted by Gasteiger charge is -2.13. The molecular formula is C19H17F6N5OS. The van der Waals surface area contributed by atoms with Gasteiger partial charge in [0.05, 0.1) is 28.9 Å². The van der Waals surface area contributed by atoms with Crippen molar-refractivity contribution in [3.63, 3.8) is 0 Å². The molecule has 0 aliphatic carbocycles. The predicted octanol–water partition coefficient (Wildman–Crippen LogP) is 5.10. The summed E-state index contributed by atoms with van der Waals surface area (Å²) in [5.74, 6) is -0.107. The maximum absolute atomic E-state index is 13.0. The molecular weight excluding hydrogens is 460 g/mol. The quantitative estimate of drug-likeness (QED) is 0.382. The second-order valence-corrected chi connectivity index (χ2v) is 7.78. The van der Waals surface area contributed by atoms with Crippen LogP contribution in [0, 0.1) is 0 Å². The number of alkyl halides is 6. The van der Waals surface area contributed by atoms with E-state index in [0.717, 1.165) is 18.2 Å². The van der Waals surface area contributed by atoms with E-state index in [1.54, 1.807) is 0 Å². The van der Waals surface area contributed by atoms with Gasteiger partial charge in [0.25, 0.3) is 0 Å². The Morgan fingerprint density at radius 3 is 2.41 bits per heavy atom. The van der Waals surface area contributed by atoms with Crippen molar-refractivity contribution in [1.82, 2.24) is 14.4 Å².